The van der Waals surface area contributed by atoms with Gasteiger partial charge in [0.05, 0.1) is 17.1 Å². The molecule has 24 heavy (non-hydrogen) atoms. The standard InChI is InChI=1S/C17H17N5O2/c1-10-19-15-14(8-18-21(15)2)16(20-10)22-6-5-11-7-12(17(23)24)3-4-13(11)9-22/h3-4,7-8H,5-6,9H2,1-2H3,(H,23,24). The normalized spacial score (nSPS) is 14.0. The van der Waals surface area contributed by atoms with Crippen LogP contribution in [0.3, 0.4) is 0 Å². The first-order valence-corrected chi connectivity index (χ1v) is 7.79. The molecule has 3 heterocycles. The van der Waals surface area contributed by atoms with Gasteiger partial charge in [-0.05, 0) is 36.6 Å². The van der Waals surface area contributed by atoms with E-state index < -0.39 is 5.97 Å². The lowest BCUT2D eigenvalue weighted by atomic mass is 9.97. The Bertz CT molecular complexity index is 963. The van der Waals surface area contributed by atoms with Crippen molar-refractivity contribution in [3.8, 4) is 0 Å². The van der Waals surface area contributed by atoms with E-state index in [0.29, 0.717) is 17.9 Å². The summed E-state index contributed by atoms with van der Waals surface area (Å²) >= 11 is 0. The second-order valence-electron chi connectivity index (χ2n) is 6.06. The first-order valence-electron chi connectivity index (χ1n) is 7.79. The van der Waals surface area contributed by atoms with Gasteiger partial charge >= 0.3 is 5.97 Å². The molecule has 1 aromatic carbocycles. The topological polar surface area (TPSA) is 84.1 Å². The van der Waals surface area contributed by atoms with E-state index in [1.54, 1.807) is 23.0 Å². The predicted molar refractivity (Wildman–Crippen MR) is 89.2 cm³/mol. The van der Waals surface area contributed by atoms with Crippen LogP contribution in [0.25, 0.3) is 11.0 Å². The number of benzene rings is 1. The Morgan fingerprint density at radius 2 is 2.08 bits per heavy atom. The number of nitrogens with zero attached hydrogens (tertiary/aromatic N) is 5. The lowest BCUT2D eigenvalue weighted by molar-refractivity contribution is 0.0696. The number of rotatable bonds is 2. The lowest BCUT2D eigenvalue weighted by Crippen LogP contribution is -2.31. The average Bonchev–Trinajstić information content (AvgIpc) is 2.94. The van der Waals surface area contributed by atoms with Gasteiger partial charge in [-0.2, -0.15) is 5.10 Å². The van der Waals surface area contributed by atoms with Gasteiger partial charge in [-0.25, -0.2) is 14.8 Å². The van der Waals surface area contributed by atoms with E-state index in [9.17, 15) is 4.79 Å². The van der Waals surface area contributed by atoms with Crippen LogP contribution < -0.4 is 4.90 Å². The molecular weight excluding hydrogens is 306 g/mol. The van der Waals surface area contributed by atoms with Gasteiger partial charge in [-0.3, -0.25) is 4.68 Å². The molecule has 1 N–H and O–H groups in total. The molecule has 0 aliphatic carbocycles. The zero-order valence-corrected chi connectivity index (χ0v) is 13.5. The van der Waals surface area contributed by atoms with Crippen molar-refractivity contribution in [2.45, 2.75) is 19.9 Å². The Hall–Kier alpha value is -2.96. The minimum Gasteiger partial charge on any atom is -0.478 e. The molecule has 0 saturated heterocycles. The van der Waals surface area contributed by atoms with Crippen molar-refractivity contribution in [2.75, 3.05) is 11.4 Å². The van der Waals surface area contributed by atoms with Crippen LogP contribution in [0.4, 0.5) is 5.82 Å². The molecule has 0 radical (unpaired) electrons. The fourth-order valence-electron chi connectivity index (χ4n) is 3.22. The zero-order valence-electron chi connectivity index (χ0n) is 13.5. The summed E-state index contributed by atoms with van der Waals surface area (Å²) in [6, 6.07) is 5.34. The molecule has 7 nitrogen and oxygen atoms in total. The summed E-state index contributed by atoms with van der Waals surface area (Å²) in [5.74, 6) is 0.718. The molecular formula is C17H17N5O2. The highest BCUT2D eigenvalue weighted by Crippen LogP contribution is 2.29. The van der Waals surface area contributed by atoms with Crippen molar-refractivity contribution in [1.29, 1.82) is 0 Å². The maximum absolute atomic E-state index is 11.1. The van der Waals surface area contributed by atoms with Gasteiger partial charge in [0.15, 0.2) is 5.65 Å². The summed E-state index contributed by atoms with van der Waals surface area (Å²) < 4.78 is 1.75. The number of carboxylic acids is 1. The molecule has 0 fully saturated rings. The van der Waals surface area contributed by atoms with E-state index in [0.717, 1.165) is 40.9 Å². The van der Waals surface area contributed by atoms with Crippen LogP contribution >= 0.6 is 0 Å². The van der Waals surface area contributed by atoms with Crippen LogP contribution in [0.5, 0.6) is 0 Å². The minimum absolute atomic E-state index is 0.342. The molecule has 0 saturated carbocycles. The third-order valence-corrected chi connectivity index (χ3v) is 4.45. The van der Waals surface area contributed by atoms with Gasteiger partial charge in [-0.15, -0.1) is 0 Å². The molecule has 2 aromatic heterocycles. The Kier molecular flexibility index (Phi) is 3.23. The number of carbonyl (C=O) groups is 1. The summed E-state index contributed by atoms with van der Waals surface area (Å²) in [5.41, 5.74) is 3.40. The number of aryl methyl sites for hydroxylation is 2. The Morgan fingerprint density at radius 1 is 1.25 bits per heavy atom. The van der Waals surface area contributed by atoms with Crippen LogP contribution in [-0.4, -0.2) is 37.4 Å². The van der Waals surface area contributed by atoms with E-state index in [4.69, 9.17) is 5.11 Å². The third-order valence-electron chi connectivity index (χ3n) is 4.45. The molecule has 1 aliphatic heterocycles. The van der Waals surface area contributed by atoms with E-state index in [2.05, 4.69) is 20.0 Å². The molecule has 0 atom stereocenters. The van der Waals surface area contributed by atoms with Gasteiger partial charge in [0.2, 0.25) is 0 Å². The van der Waals surface area contributed by atoms with E-state index in [1.165, 1.54) is 0 Å². The number of anilines is 1. The van der Waals surface area contributed by atoms with Crippen LogP contribution in [0.15, 0.2) is 24.4 Å². The van der Waals surface area contributed by atoms with Crippen molar-refractivity contribution in [3.63, 3.8) is 0 Å². The van der Waals surface area contributed by atoms with Crippen molar-refractivity contribution >= 4 is 22.8 Å². The number of hydrogen-bond donors (Lipinski definition) is 1. The summed E-state index contributed by atoms with van der Waals surface area (Å²) in [7, 11) is 1.87. The van der Waals surface area contributed by atoms with Crippen LogP contribution in [-0.2, 0) is 20.0 Å². The van der Waals surface area contributed by atoms with Crippen molar-refractivity contribution in [3.05, 3.63) is 46.9 Å². The van der Waals surface area contributed by atoms with Crippen molar-refractivity contribution in [1.82, 2.24) is 19.7 Å². The van der Waals surface area contributed by atoms with Crippen molar-refractivity contribution in [2.24, 2.45) is 7.05 Å². The first kappa shape index (κ1) is 14.6. The Labute approximate surface area is 138 Å². The summed E-state index contributed by atoms with van der Waals surface area (Å²) in [6.07, 6.45) is 2.59. The second-order valence-corrected chi connectivity index (χ2v) is 6.06. The fourth-order valence-corrected chi connectivity index (χ4v) is 3.22. The minimum atomic E-state index is -0.885. The first-order chi connectivity index (χ1) is 11.5. The maximum atomic E-state index is 11.1. The summed E-state index contributed by atoms with van der Waals surface area (Å²) in [5, 5.41) is 14.4. The Morgan fingerprint density at radius 3 is 2.88 bits per heavy atom. The van der Waals surface area contributed by atoms with E-state index in [1.807, 2.05) is 20.0 Å². The molecule has 7 heteroatoms. The highest BCUT2D eigenvalue weighted by atomic mass is 16.4. The van der Waals surface area contributed by atoms with Gasteiger partial charge in [0.1, 0.15) is 11.6 Å². The Balaban J connectivity index is 1.74. The average molecular weight is 323 g/mol. The monoisotopic (exact) mass is 323 g/mol. The maximum Gasteiger partial charge on any atom is 0.335 e. The van der Waals surface area contributed by atoms with Gasteiger partial charge in [0.25, 0.3) is 0 Å². The molecule has 0 bridgehead atoms. The van der Waals surface area contributed by atoms with Gasteiger partial charge in [-0.1, -0.05) is 6.07 Å². The second kappa shape index (κ2) is 5.30. The van der Waals surface area contributed by atoms with Gasteiger partial charge in [0, 0.05) is 20.1 Å². The van der Waals surface area contributed by atoms with Crippen molar-refractivity contribution < 1.29 is 9.90 Å². The molecule has 0 spiro atoms. The predicted octanol–water partition coefficient (Wildman–Crippen LogP) is 1.93. The summed E-state index contributed by atoms with van der Waals surface area (Å²) in [4.78, 5) is 22.4. The molecule has 122 valence electrons. The summed E-state index contributed by atoms with van der Waals surface area (Å²) in [6.45, 7) is 3.37. The number of aromatic carboxylic acids is 1. The number of carboxylic acid groups (broad SMARTS) is 1. The molecule has 3 aromatic rings. The highest BCUT2D eigenvalue weighted by Gasteiger charge is 2.22. The van der Waals surface area contributed by atoms with Gasteiger partial charge < -0.3 is 10.0 Å². The molecule has 0 amide bonds. The third kappa shape index (κ3) is 2.29. The quantitative estimate of drug-likeness (QED) is 0.776. The largest absolute Gasteiger partial charge is 0.478 e. The number of fused-ring (bicyclic) bond motifs is 2. The lowest BCUT2D eigenvalue weighted by Gasteiger charge is -2.30. The molecule has 1 aliphatic rings. The van der Waals surface area contributed by atoms with Crippen LogP contribution in [0.2, 0.25) is 0 Å². The fraction of sp³-hybridized carbons (Fsp3) is 0.294. The number of aromatic nitrogens is 4. The number of hydrogen-bond acceptors (Lipinski definition) is 5. The highest BCUT2D eigenvalue weighted by molar-refractivity contribution is 5.88. The van der Waals surface area contributed by atoms with E-state index in [-0.39, 0.29) is 0 Å². The molecule has 0 unspecified atom stereocenters. The van der Waals surface area contributed by atoms with Crippen LogP contribution in [0, 0.1) is 6.92 Å². The smallest absolute Gasteiger partial charge is 0.335 e. The van der Waals surface area contributed by atoms with E-state index >= 15 is 0 Å². The van der Waals surface area contributed by atoms with Crippen LogP contribution in [0.1, 0.15) is 27.3 Å². The SMILES string of the molecule is Cc1nc(N2CCc3cc(C(=O)O)ccc3C2)c2cnn(C)c2n1. The zero-order chi connectivity index (χ0) is 16.8. The molecule has 4 rings (SSSR count).